The van der Waals surface area contributed by atoms with Gasteiger partial charge in [0, 0.05) is 13.0 Å². The molecule has 0 spiro atoms. The molecule has 466 valence electrons. The van der Waals surface area contributed by atoms with Crippen molar-refractivity contribution in [3.05, 3.63) is 97.2 Å². The highest BCUT2D eigenvalue weighted by Gasteiger charge is 2.47. The number of allylic oxidation sites excluding steroid dienone is 16. The predicted octanol–water partition coefficient (Wildman–Crippen LogP) is 12.5. The Bertz CT molecular complexity index is 1710. The van der Waals surface area contributed by atoms with E-state index < -0.39 is 80.7 Å². The first-order valence-electron chi connectivity index (χ1n) is 31.8. The third-order valence-electron chi connectivity index (χ3n) is 14.6. The third kappa shape index (κ3) is 38.5. The van der Waals surface area contributed by atoms with Crippen molar-refractivity contribution in [1.29, 1.82) is 0 Å². The number of hydrogen-bond donors (Lipinski definition) is 7. The van der Waals surface area contributed by atoms with Crippen LogP contribution in [0.3, 0.4) is 0 Å². The molecule has 0 radical (unpaired) electrons. The molecule has 2 fully saturated rings. The molecule has 0 bridgehead atoms. The molecule has 2 rings (SSSR count). The van der Waals surface area contributed by atoms with Crippen molar-refractivity contribution in [2.24, 2.45) is 0 Å². The van der Waals surface area contributed by atoms with E-state index in [0.29, 0.717) is 13.0 Å². The quantitative estimate of drug-likeness (QED) is 0.0172. The maximum atomic E-state index is 13.1. The molecule has 2 aliphatic rings. The van der Waals surface area contributed by atoms with Crippen LogP contribution in [0.25, 0.3) is 0 Å². The summed E-state index contributed by atoms with van der Waals surface area (Å²) in [4.78, 5) is 13.1. The van der Waals surface area contributed by atoms with E-state index >= 15 is 0 Å². The number of ether oxygens (including phenoxy) is 6. The maximum Gasteiger partial charge on any atom is 0.306 e. The Balaban J connectivity index is 1.69. The summed E-state index contributed by atoms with van der Waals surface area (Å²) in [7, 11) is 0. The van der Waals surface area contributed by atoms with Crippen LogP contribution in [-0.2, 0) is 33.2 Å². The number of carbonyl (C=O) groups excluding carboxylic acids is 1. The molecule has 14 nitrogen and oxygen atoms in total. The number of esters is 1. The summed E-state index contributed by atoms with van der Waals surface area (Å²) in [5.41, 5.74) is 0. The van der Waals surface area contributed by atoms with Crippen molar-refractivity contribution in [2.45, 2.75) is 287 Å². The van der Waals surface area contributed by atoms with E-state index in [1.165, 1.54) is 96.3 Å². The molecule has 11 atom stereocenters. The van der Waals surface area contributed by atoms with E-state index in [2.05, 4.69) is 111 Å². The second kappa shape index (κ2) is 52.5. The molecule has 0 amide bonds. The third-order valence-corrected chi connectivity index (χ3v) is 14.6. The normalized spacial score (nSPS) is 24.4. The molecular weight excluding hydrogens is 1030 g/mol. The predicted molar refractivity (Wildman–Crippen MR) is 325 cm³/mol. The maximum absolute atomic E-state index is 13.1. The minimum absolute atomic E-state index is 0.0469. The van der Waals surface area contributed by atoms with Crippen LogP contribution in [0.2, 0.25) is 0 Å². The number of rotatable bonds is 51. The first-order valence-corrected chi connectivity index (χ1v) is 31.8. The smallest absolute Gasteiger partial charge is 0.306 e. The van der Waals surface area contributed by atoms with Crippen LogP contribution >= 0.6 is 0 Å². The van der Waals surface area contributed by atoms with Crippen LogP contribution in [0.4, 0.5) is 0 Å². The van der Waals surface area contributed by atoms with Crippen LogP contribution < -0.4 is 0 Å². The second-order valence-corrected chi connectivity index (χ2v) is 21.8. The summed E-state index contributed by atoms with van der Waals surface area (Å²) in [5.74, 6) is -0.389. The lowest BCUT2D eigenvalue weighted by Gasteiger charge is -2.42. The summed E-state index contributed by atoms with van der Waals surface area (Å²) >= 11 is 0. The molecule has 2 heterocycles. The van der Waals surface area contributed by atoms with Gasteiger partial charge < -0.3 is 64.2 Å². The van der Waals surface area contributed by atoms with Gasteiger partial charge in [-0.2, -0.15) is 0 Å². The molecule has 0 aromatic rings. The Morgan fingerprint density at radius 1 is 0.420 bits per heavy atom. The molecule has 7 N–H and O–H groups in total. The Labute approximate surface area is 490 Å². The molecule has 0 aromatic heterocycles. The van der Waals surface area contributed by atoms with Crippen molar-refractivity contribution in [2.75, 3.05) is 33.0 Å². The minimum atomic E-state index is -1.72. The van der Waals surface area contributed by atoms with Gasteiger partial charge in [0.1, 0.15) is 54.9 Å². The topological polar surface area (TPSA) is 214 Å². The highest BCUT2D eigenvalue weighted by atomic mass is 16.7. The van der Waals surface area contributed by atoms with E-state index in [1.807, 2.05) is 0 Å². The van der Waals surface area contributed by atoms with Crippen molar-refractivity contribution in [1.82, 2.24) is 0 Å². The molecule has 0 aliphatic carbocycles. The highest BCUT2D eigenvalue weighted by molar-refractivity contribution is 5.69. The fourth-order valence-electron chi connectivity index (χ4n) is 9.50. The standard InChI is InChI=1S/C67H114O14/c1-3-5-7-9-11-13-15-17-19-21-23-25-27-28-29-30-32-34-36-38-40-42-44-46-48-50-59(69)79-56(53-76-51-49-47-45-43-41-39-37-35-33-31-26-24-22-20-18-16-14-12-10-8-6-4-2)54-77-66-65(75)63(73)61(71)58(81-66)55-78-67-64(74)62(72)60(70)57(52-68)80-67/h5,7,11,13,16-19,22-25,28-29,31,33,56-58,60-68,70-75H,3-4,6,8-10,12,14-15,20-21,26-27,30,32,34-55H2,1-2H3/b7-5-,13-11-,18-16-,19-17-,24-22-,25-23-,29-28-,33-31-. The molecule has 0 aromatic carbocycles. The molecule has 14 heteroatoms. The van der Waals surface area contributed by atoms with Gasteiger partial charge in [-0.25, -0.2) is 0 Å². The second-order valence-electron chi connectivity index (χ2n) is 21.8. The summed E-state index contributed by atoms with van der Waals surface area (Å²) in [6.07, 6.45) is 54.6. The van der Waals surface area contributed by atoms with Gasteiger partial charge in [-0.05, 0) is 96.3 Å². The lowest BCUT2D eigenvalue weighted by atomic mass is 9.98. The first-order chi connectivity index (χ1) is 39.6. The fourth-order valence-corrected chi connectivity index (χ4v) is 9.50. The van der Waals surface area contributed by atoms with Crippen molar-refractivity contribution >= 4 is 5.97 Å². The molecular formula is C67H114O14. The van der Waals surface area contributed by atoms with Crippen LogP contribution in [0.1, 0.15) is 219 Å². The zero-order valence-electron chi connectivity index (χ0n) is 50.2. The SMILES string of the molecule is CC/C=C\C/C=C\C/C=C\C/C=C\C/C=C\CCCCCCCCCCCC(=O)OC(COCCCCCCCCC/C=C\C/C=C\C/C=C\CCCCCCC)COC1OC(COC2OC(CO)C(O)C(O)C2O)C(O)C(O)C1O. The van der Waals surface area contributed by atoms with Gasteiger partial charge in [-0.15, -0.1) is 0 Å². The summed E-state index contributed by atoms with van der Waals surface area (Å²) < 4.78 is 34.5. The Kier molecular flexibility index (Phi) is 47.9. The molecule has 2 saturated heterocycles. The van der Waals surface area contributed by atoms with Crippen LogP contribution in [0.15, 0.2) is 97.2 Å². The lowest BCUT2D eigenvalue weighted by molar-refractivity contribution is -0.332. The summed E-state index contributed by atoms with van der Waals surface area (Å²) in [5, 5.41) is 72.5. The van der Waals surface area contributed by atoms with Crippen molar-refractivity contribution in [3.63, 3.8) is 0 Å². The Morgan fingerprint density at radius 2 is 0.802 bits per heavy atom. The van der Waals surface area contributed by atoms with Crippen molar-refractivity contribution < 1.29 is 69.0 Å². The van der Waals surface area contributed by atoms with Gasteiger partial charge >= 0.3 is 5.97 Å². The largest absolute Gasteiger partial charge is 0.457 e. The van der Waals surface area contributed by atoms with Crippen LogP contribution in [0, 0.1) is 0 Å². The van der Waals surface area contributed by atoms with Crippen LogP contribution in [-0.4, -0.2) is 142 Å². The van der Waals surface area contributed by atoms with E-state index in [9.17, 15) is 40.5 Å². The van der Waals surface area contributed by atoms with Gasteiger partial charge in [0.15, 0.2) is 12.6 Å². The fraction of sp³-hybridized carbons (Fsp3) is 0.746. The molecule has 0 saturated carbocycles. The average molecular weight is 1140 g/mol. The van der Waals surface area contributed by atoms with E-state index in [0.717, 1.165) is 96.3 Å². The molecule has 2 aliphatic heterocycles. The van der Waals surface area contributed by atoms with Gasteiger partial charge in [-0.1, -0.05) is 214 Å². The minimum Gasteiger partial charge on any atom is -0.457 e. The number of unbranched alkanes of at least 4 members (excludes halogenated alkanes) is 21. The number of aliphatic hydroxyl groups is 7. The molecule has 81 heavy (non-hydrogen) atoms. The monoisotopic (exact) mass is 1140 g/mol. The average Bonchev–Trinajstić information content (AvgIpc) is 3.46. The summed E-state index contributed by atoms with van der Waals surface area (Å²) in [6, 6.07) is 0. The first kappa shape index (κ1) is 74.0. The summed E-state index contributed by atoms with van der Waals surface area (Å²) in [6.45, 7) is 3.54. The zero-order valence-corrected chi connectivity index (χ0v) is 50.2. The van der Waals surface area contributed by atoms with Gasteiger partial charge in [0.05, 0.1) is 26.4 Å². The van der Waals surface area contributed by atoms with E-state index in [-0.39, 0.29) is 25.6 Å². The number of hydrogen-bond acceptors (Lipinski definition) is 14. The van der Waals surface area contributed by atoms with E-state index in [4.69, 9.17) is 28.4 Å². The number of aliphatic hydroxyl groups excluding tert-OH is 7. The van der Waals surface area contributed by atoms with E-state index in [1.54, 1.807) is 0 Å². The van der Waals surface area contributed by atoms with Gasteiger partial charge in [0.25, 0.3) is 0 Å². The lowest BCUT2D eigenvalue weighted by Crippen LogP contribution is -2.61. The Morgan fingerprint density at radius 3 is 1.26 bits per heavy atom. The zero-order chi connectivity index (χ0) is 58.6. The van der Waals surface area contributed by atoms with Gasteiger partial charge in [0.2, 0.25) is 0 Å². The van der Waals surface area contributed by atoms with Crippen LogP contribution in [0.5, 0.6) is 0 Å². The van der Waals surface area contributed by atoms with Gasteiger partial charge in [-0.3, -0.25) is 4.79 Å². The highest BCUT2D eigenvalue weighted by Crippen LogP contribution is 2.27. The number of carbonyl (C=O) groups is 1. The molecule has 11 unspecified atom stereocenters. The Hall–Kier alpha value is -3.09. The van der Waals surface area contributed by atoms with Crippen molar-refractivity contribution in [3.8, 4) is 0 Å².